The number of nitrogens with zero attached hydrogens (tertiary/aromatic N) is 2. The van der Waals surface area contributed by atoms with E-state index in [-0.39, 0.29) is 17.2 Å². The number of aryl methyl sites for hydroxylation is 2. The molecule has 27 heavy (non-hydrogen) atoms. The Balaban J connectivity index is 1.72. The maximum atomic E-state index is 12.7. The van der Waals surface area contributed by atoms with Gasteiger partial charge < -0.3 is 10.1 Å². The van der Waals surface area contributed by atoms with Crippen LogP contribution in [0.3, 0.4) is 0 Å². The van der Waals surface area contributed by atoms with Crippen LogP contribution in [0.2, 0.25) is 5.02 Å². The third-order valence-electron chi connectivity index (χ3n) is 4.06. The first-order chi connectivity index (χ1) is 13.0. The highest BCUT2D eigenvalue weighted by Gasteiger charge is 2.22. The van der Waals surface area contributed by atoms with Crippen molar-refractivity contribution in [3.8, 4) is 0 Å². The smallest absolute Gasteiger partial charge is 0.268 e. The van der Waals surface area contributed by atoms with Crippen LogP contribution < -0.4 is 10.9 Å². The van der Waals surface area contributed by atoms with Gasteiger partial charge in [0.1, 0.15) is 0 Å². The highest BCUT2D eigenvalue weighted by atomic mass is 35.5. The maximum Gasteiger partial charge on any atom is 0.268 e. The Labute approximate surface area is 171 Å². The number of rotatable bonds is 7. The third-order valence-corrected chi connectivity index (χ3v) is 6.55. The van der Waals surface area contributed by atoms with Gasteiger partial charge >= 0.3 is 0 Å². The lowest BCUT2D eigenvalue weighted by molar-refractivity contribution is -0.113. The molecule has 2 aromatic rings. The molecule has 1 N–H and O–H groups in total. The van der Waals surface area contributed by atoms with Gasteiger partial charge in [-0.05, 0) is 24.6 Å². The summed E-state index contributed by atoms with van der Waals surface area (Å²) in [6, 6.07) is 5.38. The van der Waals surface area contributed by atoms with E-state index in [0.29, 0.717) is 33.9 Å². The summed E-state index contributed by atoms with van der Waals surface area (Å²) in [6.07, 6.45) is 0.780. The summed E-state index contributed by atoms with van der Waals surface area (Å²) in [4.78, 5) is 30.4. The van der Waals surface area contributed by atoms with E-state index in [1.54, 1.807) is 29.5 Å². The number of carbonyl (C=O) groups is 1. The molecule has 144 valence electrons. The van der Waals surface area contributed by atoms with Crippen molar-refractivity contribution in [2.75, 3.05) is 30.5 Å². The van der Waals surface area contributed by atoms with Gasteiger partial charge in [-0.2, -0.15) is 0 Å². The first-order valence-corrected chi connectivity index (χ1v) is 10.8. The first-order valence-electron chi connectivity index (χ1n) is 8.44. The number of ether oxygens (including phenoxy) is 1. The van der Waals surface area contributed by atoms with Crippen molar-refractivity contribution in [3.63, 3.8) is 0 Å². The number of nitrogens with one attached hydrogen (secondary N) is 1. The summed E-state index contributed by atoms with van der Waals surface area (Å²) in [5.74, 6) is 0.837. The molecule has 1 aromatic carbocycles. The van der Waals surface area contributed by atoms with Gasteiger partial charge in [0.2, 0.25) is 5.91 Å². The van der Waals surface area contributed by atoms with Crippen LogP contribution in [0.1, 0.15) is 11.3 Å². The van der Waals surface area contributed by atoms with Crippen molar-refractivity contribution in [1.29, 1.82) is 0 Å². The Morgan fingerprint density at radius 3 is 3.04 bits per heavy atom. The van der Waals surface area contributed by atoms with Crippen LogP contribution in [-0.2, 0) is 22.5 Å². The molecule has 0 atom stereocenters. The molecular formula is C18H20ClN3O3S2. The van der Waals surface area contributed by atoms with Crippen LogP contribution in [0.15, 0.2) is 33.0 Å². The number of amides is 1. The quantitative estimate of drug-likeness (QED) is 0.542. The molecule has 0 saturated heterocycles. The van der Waals surface area contributed by atoms with Gasteiger partial charge in [0.05, 0.1) is 29.5 Å². The zero-order valence-corrected chi connectivity index (χ0v) is 17.5. The second-order valence-electron chi connectivity index (χ2n) is 6.02. The first kappa shape index (κ1) is 20.3. The lowest BCUT2D eigenvalue weighted by Crippen LogP contribution is -2.27. The molecule has 0 aliphatic carbocycles. The molecule has 1 aliphatic rings. The predicted molar refractivity (Wildman–Crippen MR) is 110 cm³/mol. The van der Waals surface area contributed by atoms with Crippen molar-refractivity contribution in [2.24, 2.45) is 0 Å². The van der Waals surface area contributed by atoms with E-state index in [1.807, 2.05) is 19.1 Å². The maximum absolute atomic E-state index is 12.7. The third kappa shape index (κ3) is 4.87. The number of carbonyl (C=O) groups excluding carboxylic acids is 1. The molecule has 1 amide bonds. The predicted octanol–water partition coefficient (Wildman–Crippen LogP) is 3.23. The number of halogens is 1. The fourth-order valence-electron chi connectivity index (χ4n) is 2.61. The number of hydrogen-bond acceptors (Lipinski definition) is 6. The van der Waals surface area contributed by atoms with E-state index in [9.17, 15) is 9.59 Å². The molecule has 0 radical (unpaired) electrons. The monoisotopic (exact) mass is 425 g/mol. The zero-order valence-electron chi connectivity index (χ0n) is 15.1. The molecule has 6 nitrogen and oxygen atoms in total. The highest BCUT2D eigenvalue weighted by Crippen LogP contribution is 2.28. The van der Waals surface area contributed by atoms with Crippen molar-refractivity contribution in [1.82, 2.24) is 9.55 Å². The SMILES string of the molecule is COCCn1c(SCC(=O)Nc2ccc(C)c(Cl)c2)nc2c(c1=O)SCC2. The Morgan fingerprint density at radius 2 is 2.30 bits per heavy atom. The van der Waals surface area contributed by atoms with E-state index in [2.05, 4.69) is 10.3 Å². The molecule has 3 rings (SSSR count). The Bertz CT molecular complexity index is 917. The molecule has 2 heterocycles. The summed E-state index contributed by atoms with van der Waals surface area (Å²) < 4.78 is 6.70. The second kappa shape index (κ2) is 9.14. The number of anilines is 1. The van der Waals surface area contributed by atoms with Crippen LogP contribution >= 0.6 is 35.1 Å². The highest BCUT2D eigenvalue weighted by molar-refractivity contribution is 8.00. The molecular weight excluding hydrogens is 406 g/mol. The largest absolute Gasteiger partial charge is 0.383 e. The number of benzene rings is 1. The lowest BCUT2D eigenvalue weighted by atomic mass is 10.2. The van der Waals surface area contributed by atoms with E-state index < -0.39 is 0 Å². The summed E-state index contributed by atoms with van der Waals surface area (Å²) in [7, 11) is 1.59. The van der Waals surface area contributed by atoms with Gasteiger partial charge in [0, 0.05) is 30.0 Å². The van der Waals surface area contributed by atoms with E-state index in [4.69, 9.17) is 16.3 Å². The minimum atomic E-state index is -0.178. The second-order valence-corrected chi connectivity index (χ2v) is 8.47. The lowest BCUT2D eigenvalue weighted by Gasteiger charge is -2.13. The average Bonchev–Trinajstić information content (AvgIpc) is 3.11. The number of methoxy groups -OCH3 is 1. The van der Waals surface area contributed by atoms with Crippen molar-refractivity contribution in [2.45, 2.75) is 29.9 Å². The molecule has 0 bridgehead atoms. The van der Waals surface area contributed by atoms with E-state index >= 15 is 0 Å². The summed E-state index contributed by atoms with van der Waals surface area (Å²) in [5, 5.41) is 3.98. The molecule has 1 aliphatic heterocycles. The Morgan fingerprint density at radius 1 is 1.48 bits per heavy atom. The van der Waals surface area contributed by atoms with Gasteiger partial charge in [0.25, 0.3) is 5.56 Å². The van der Waals surface area contributed by atoms with Crippen LogP contribution in [0, 0.1) is 6.92 Å². The fourth-order valence-corrected chi connectivity index (χ4v) is 4.68. The van der Waals surface area contributed by atoms with Gasteiger partial charge in [-0.3, -0.25) is 14.2 Å². The normalized spacial score (nSPS) is 12.9. The van der Waals surface area contributed by atoms with Crippen LogP contribution in [0.5, 0.6) is 0 Å². The fraction of sp³-hybridized carbons (Fsp3) is 0.389. The minimum absolute atomic E-state index is 0.0484. The van der Waals surface area contributed by atoms with Crippen molar-refractivity contribution in [3.05, 3.63) is 44.8 Å². The van der Waals surface area contributed by atoms with Crippen LogP contribution in [0.25, 0.3) is 0 Å². The topological polar surface area (TPSA) is 73.2 Å². The molecule has 0 saturated carbocycles. The summed E-state index contributed by atoms with van der Waals surface area (Å²) in [5.41, 5.74) is 2.37. The number of fused-ring (bicyclic) bond motifs is 1. The summed E-state index contributed by atoms with van der Waals surface area (Å²) in [6.45, 7) is 2.72. The summed E-state index contributed by atoms with van der Waals surface area (Å²) >= 11 is 8.89. The van der Waals surface area contributed by atoms with Crippen molar-refractivity contribution < 1.29 is 9.53 Å². The average molecular weight is 426 g/mol. The minimum Gasteiger partial charge on any atom is -0.383 e. The number of hydrogen-bond donors (Lipinski definition) is 1. The van der Waals surface area contributed by atoms with Crippen LogP contribution in [0.4, 0.5) is 5.69 Å². The van der Waals surface area contributed by atoms with Crippen LogP contribution in [-0.4, -0.2) is 40.7 Å². The Hall–Kier alpha value is -1.48. The molecule has 0 unspecified atom stereocenters. The van der Waals surface area contributed by atoms with Gasteiger partial charge in [-0.25, -0.2) is 4.98 Å². The standard InChI is InChI=1S/C18H20ClN3O3S2/c1-11-3-4-12(9-13(11)19)20-15(23)10-27-18-21-14-5-8-26-16(14)17(24)22(18)6-7-25-2/h3-4,9H,5-8,10H2,1-2H3,(H,20,23). The Kier molecular flexibility index (Phi) is 6.86. The van der Waals surface area contributed by atoms with E-state index in [1.165, 1.54) is 11.8 Å². The van der Waals surface area contributed by atoms with Gasteiger partial charge in [-0.15, -0.1) is 11.8 Å². The zero-order chi connectivity index (χ0) is 19.4. The molecule has 9 heteroatoms. The number of aromatic nitrogens is 2. The molecule has 1 aromatic heterocycles. The van der Waals surface area contributed by atoms with Gasteiger partial charge in [-0.1, -0.05) is 29.4 Å². The van der Waals surface area contributed by atoms with E-state index in [0.717, 1.165) is 23.4 Å². The van der Waals surface area contributed by atoms with Crippen molar-refractivity contribution >= 4 is 46.7 Å². The number of thioether (sulfide) groups is 2. The van der Waals surface area contributed by atoms with Gasteiger partial charge in [0.15, 0.2) is 5.16 Å². The molecule has 0 fully saturated rings. The molecule has 0 spiro atoms.